The molecule has 4 nitrogen and oxygen atoms in total. The molecule has 0 aromatic heterocycles. The third kappa shape index (κ3) is 5.93. The van der Waals surface area contributed by atoms with Crippen LogP contribution in [0.15, 0.2) is 255 Å². The van der Waals surface area contributed by atoms with Crippen molar-refractivity contribution in [2.75, 3.05) is 19.6 Å². The molecular weight excluding hydrogens is 801 g/mol. The van der Waals surface area contributed by atoms with Gasteiger partial charge in [0.05, 0.1) is 45.5 Å². The highest BCUT2D eigenvalue weighted by Gasteiger charge is 2.33. The average Bonchev–Trinajstić information content (AvgIpc) is 3.39. The number of para-hydroxylation sites is 10. The lowest BCUT2D eigenvalue weighted by Gasteiger charge is -2.40. The molecule has 4 heteroatoms. The standard InChI is InChI=1S/C62H42N4/c1-5-21-43(22-6-1)61-49-39-37-48(66-59-35-19-15-31-55(59)64(46-27-11-4-12-28-46)56-32-16-20-36-60(56)66)42-52(49)62(44-23-7-2-8-24-44)50-40-38-47(41-51(50)61)65-57-33-17-13-29-53(57)63(45-25-9-3-10-26-45)54-30-14-18-34-58(54)65/h1-42H. The fourth-order valence-electron chi connectivity index (χ4n) is 10.5. The summed E-state index contributed by atoms with van der Waals surface area (Å²) in [5.74, 6) is 0. The molecule has 11 aromatic rings. The summed E-state index contributed by atoms with van der Waals surface area (Å²) in [7, 11) is 0. The molecule has 0 saturated heterocycles. The van der Waals surface area contributed by atoms with Crippen molar-refractivity contribution in [3.63, 3.8) is 0 Å². The van der Waals surface area contributed by atoms with Gasteiger partial charge in [0.1, 0.15) is 0 Å². The topological polar surface area (TPSA) is 13.0 Å². The van der Waals surface area contributed by atoms with Gasteiger partial charge < -0.3 is 19.6 Å². The quantitative estimate of drug-likeness (QED) is 0.155. The van der Waals surface area contributed by atoms with Crippen LogP contribution < -0.4 is 19.6 Å². The second-order valence-corrected chi connectivity index (χ2v) is 16.9. The van der Waals surface area contributed by atoms with E-state index in [-0.39, 0.29) is 0 Å². The largest absolute Gasteiger partial charge is 0.306 e. The molecule has 0 atom stereocenters. The first kappa shape index (κ1) is 37.7. The second kappa shape index (κ2) is 15.4. The molecular formula is C62H42N4. The fourth-order valence-corrected chi connectivity index (χ4v) is 10.5. The molecule has 0 N–H and O–H groups in total. The Morgan fingerprint density at radius 2 is 0.424 bits per heavy atom. The van der Waals surface area contributed by atoms with Crippen LogP contribution in [0.25, 0.3) is 43.8 Å². The van der Waals surface area contributed by atoms with Crippen LogP contribution in [0.1, 0.15) is 0 Å². The molecule has 310 valence electrons. The molecule has 0 saturated carbocycles. The maximum atomic E-state index is 2.44. The summed E-state index contributed by atoms with van der Waals surface area (Å²) in [5, 5.41) is 4.80. The van der Waals surface area contributed by atoms with E-state index in [9.17, 15) is 0 Å². The molecule has 0 radical (unpaired) electrons. The molecule has 2 heterocycles. The van der Waals surface area contributed by atoms with Crippen molar-refractivity contribution in [3.8, 4) is 22.3 Å². The summed E-state index contributed by atoms with van der Waals surface area (Å²) in [6.45, 7) is 0. The minimum Gasteiger partial charge on any atom is -0.306 e. The molecule has 11 aromatic carbocycles. The number of hydrogen-bond acceptors (Lipinski definition) is 4. The Balaban J connectivity index is 1.07. The molecule has 2 aliphatic heterocycles. The van der Waals surface area contributed by atoms with E-state index >= 15 is 0 Å². The Kier molecular flexibility index (Phi) is 8.81. The number of rotatable bonds is 6. The predicted molar refractivity (Wildman–Crippen MR) is 278 cm³/mol. The second-order valence-electron chi connectivity index (χ2n) is 16.9. The summed E-state index contributed by atoms with van der Waals surface area (Å²) in [6, 6.07) is 92.6. The monoisotopic (exact) mass is 842 g/mol. The first-order valence-corrected chi connectivity index (χ1v) is 22.6. The average molecular weight is 843 g/mol. The van der Waals surface area contributed by atoms with E-state index in [0.29, 0.717) is 0 Å². The summed E-state index contributed by atoms with van der Waals surface area (Å²) in [4.78, 5) is 9.65. The van der Waals surface area contributed by atoms with Crippen LogP contribution >= 0.6 is 0 Å². The third-order valence-electron chi connectivity index (χ3n) is 13.2. The van der Waals surface area contributed by atoms with Crippen LogP contribution in [-0.2, 0) is 0 Å². The molecule has 0 spiro atoms. The van der Waals surface area contributed by atoms with Crippen LogP contribution in [0.4, 0.5) is 68.2 Å². The first-order chi connectivity index (χ1) is 32.8. The number of hydrogen-bond donors (Lipinski definition) is 0. The molecule has 0 unspecified atom stereocenters. The summed E-state index contributed by atoms with van der Waals surface area (Å²) < 4.78 is 0. The van der Waals surface area contributed by atoms with Gasteiger partial charge in [0.15, 0.2) is 0 Å². The van der Waals surface area contributed by atoms with Gasteiger partial charge in [-0.15, -0.1) is 0 Å². The van der Waals surface area contributed by atoms with E-state index in [1.807, 2.05) is 0 Å². The zero-order valence-corrected chi connectivity index (χ0v) is 36.0. The van der Waals surface area contributed by atoms with E-state index in [0.717, 1.165) is 68.2 Å². The lowest BCUT2D eigenvalue weighted by Crippen LogP contribution is -2.23. The summed E-state index contributed by atoms with van der Waals surface area (Å²) in [6.07, 6.45) is 0. The Hall–Kier alpha value is -8.86. The van der Waals surface area contributed by atoms with Gasteiger partial charge in [0.25, 0.3) is 0 Å². The molecule has 0 bridgehead atoms. The van der Waals surface area contributed by atoms with Gasteiger partial charge in [-0.2, -0.15) is 0 Å². The third-order valence-corrected chi connectivity index (χ3v) is 13.2. The van der Waals surface area contributed by atoms with Crippen LogP contribution in [0.2, 0.25) is 0 Å². The Labute approximate surface area is 384 Å². The van der Waals surface area contributed by atoms with Crippen molar-refractivity contribution >= 4 is 89.8 Å². The minimum absolute atomic E-state index is 1.10. The zero-order valence-electron chi connectivity index (χ0n) is 36.0. The van der Waals surface area contributed by atoms with Gasteiger partial charge >= 0.3 is 0 Å². The predicted octanol–water partition coefficient (Wildman–Crippen LogP) is 17.8. The Morgan fingerprint density at radius 3 is 0.712 bits per heavy atom. The van der Waals surface area contributed by atoms with E-state index < -0.39 is 0 Å². The first-order valence-electron chi connectivity index (χ1n) is 22.6. The Morgan fingerprint density at radius 1 is 0.182 bits per heavy atom. The highest BCUT2D eigenvalue weighted by atomic mass is 15.3. The van der Waals surface area contributed by atoms with Crippen LogP contribution in [0.3, 0.4) is 0 Å². The van der Waals surface area contributed by atoms with Gasteiger partial charge in [-0.25, -0.2) is 0 Å². The van der Waals surface area contributed by atoms with E-state index in [4.69, 9.17) is 0 Å². The lowest BCUT2D eigenvalue weighted by molar-refractivity contribution is 1.17. The molecule has 0 aliphatic carbocycles. The van der Waals surface area contributed by atoms with E-state index in [1.54, 1.807) is 0 Å². The van der Waals surface area contributed by atoms with Gasteiger partial charge in [0, 0.05) is 22.7 Å². The number of nitrogens with zero attached hydrogens (tertiary/aromatic N) is 4. The fraction of sp³-hybridized carbons (Fsp3) is 0. The van der Waals surface area contributed by atoms with Crippen LogP contribution in [0.5, 0.6) is 0 Å². The van der Waals surface area contributed by atoms with Crippen molar-refractivity contribution in [3.05, 3.63) is 255 Å². The van der Waals surface area contributed by atoms with Crippen LogP contribution in [0, 0.1) is 0 Å². The van der Waals surface area contributed by atoms with Crippen molar-refractivity contribution in [2.45, 2.75) is 0 Å². The van der Waals surface area contributed by atoms with Crippen molar-refractivity contribution in [1.82, 2.24) is 0 Å². The molecule has 13 rings (SSSR count). The molecule has 0 fully saturated rings. The summed E-state index contributed by atoms with van der Waals surface area (Å²) in [5.41, 5.74) is 18.3. The van der Waals surface area contributed by atoms with Gasteiger partial charge in [-0.1, -0.05) is 158 Å². The van der Waals surface area contributed by atoms with E-state index in [2.05, 4.69) is 274 Å². The summed E-state index contributed by atoms with van der Waals surface area (Å²) >= 11 is 0. The maximum Gasteiger partial charge on any atom is 0.0703 e. The molecule has 66 heavy (non-hydrogen) atoms. The van der Waals surface area contributed by atoms with Gasteiger partial charge in [0.2, 0.25) is 0 Å². The van der Waals surface area contributed by atoms with Crippen molar-refractivity contribution in [1.29, 1.82) is 0 Å². The SMILES string of the molecule is c1ccc(-c2c3ccc(N4c5ccccc5N(c5ccccc5)c5ccccc54)cc3c(-c3ccccc3)c3ccc(N4c5ccccc5N(c5ccccc5)c5ccccc54)cc23)cc1. The molecule has 0 amide bonds. The normalized spacial score (nSPS) is 12.7. The van der Waals surface area contributed by atoms with Gasteiger partial charge in [-0.3, -0.25) is 0 Å². The zero-order chi connectivity index (χ0) is 43.6. The molecule has 2 aliphatic rings. The highest BCUT2D eigenvalue weighted by molar-refractivity contribution is 6.23. The number of benzene rings is 11. The maximum absolute atomic E-state index is 2.44. The highest BCUT2D eigenvalue weighted by Crippen LogP contribution is 2.57. The lowest BCUT2D eigenvalue weighted by atomic mass is 9.85. The Bertz CT molecular complexity index is 3270. The van der Waals surface area contributed by atoms with Crippen molar-refractivity contribution in [2.24, 2.45) is 0 Å². The number of fused-ring (bicyclic) bond motifs is 6. The number of anilines is 12. The van der Waals surface area contributed by atoms with E-state index in [1.165, 1.54) is 43.8 Å². The van der Waals surface area contributed by atoms with Gasteiger partial charge in [-0.05, 0) is 141 Å². The smallest absolute Gasteiger partial charge is 0.0703 e. The van der Waals surface area contributed by atoms with Crippen LogP contribution in [-0.4, -0.2) is 0 Å². The van der Waals surface area contributed by atoms with Crippen molar-refractivity contribution < 1.29 is 0 Å². The minimum atomic E-state index is 1.10.